The van der Waals surface area contributed by atoms with Gasteiger partial charge in [0.25, 0.3) is 0 Å². The molecule has 0 aliphatic rings. The zero-order valence-electron chi connectivity index (χ0n) is 5.61. The molecule has 0 aromatic heterocycles. The number of alkyl halides is 3. The van der Waals surface area contributed by atoms with E-state index < -0.39 is 12.8 Å². The topological polar surface area (TPSA) is 33.0 Å². The van der Waals surface area contributed by atoms with Gasteiger partial charge in [-0.05, 0) is 0 Å². The highest BCUT2D eigenvalue weighted by molar-refractivity contribution is 7.32. The molecule has 1 atom stereocenters. The summed E-state index contributed by atoms with van der Waals surface area (Å²) in [5, 5.41) is 8.00. The molecule has 1 unspecified atom stereocenters. The van der Waals surface area contributed by atoms with E-state index in [1.54, 1.807) is 0 Å². The molecule has 0 spiro atoms. The van der Waals surface area contributed by atoms with Crippen LogP contribution in [0.1, 0.15) is 6.42 Å². The van der Waals surface area contributed by atoms with Crippen LogP contribution in [0.2, 0.25) is 0 Å². The van der Waals surface area contributed by atoms with Gasteiger partial charge >= 0.3 is 6.18 Å². The molecular weight excluding hydrogens is 178 g/mol. The molecule has 0 amide bonds. The van der Waals surface area contributed by atoms with Crippen molar-refractivity contribution >= 4 is 8.81 Å². The monoisotopic (exact) mass is 185 g/mol. The maximum absolute atomic E-state index is 11.4. The third kappa shape index (κ3) is 9.67. The average Bonchev–Trinajstić information content (AvgIpc) is 1.85. The largest absolute Gasteiger partial charge is 0.412 e. The second kappa shape index (κ2) is 5.34. The van der Waals surface area contributed by atoms with E-state index in [4.69, 9.17) is 5.26 Å². The molecule has 0 aliphatic heterocycles. The molecule has 11 heavy (non-hydrogen) atoms. The minimum atomic E-state index is -4.25. The first-order valence-corrected chi connectivity index (χ1v) is 3.96. The highest BCUT2D eigenvalue weighted by Gasteiger charge is 2.27. The fourth-order valence-electron chi connectivity index (χ4n) is 0.312. The third-order valence-corrected chi connectivity index (χ3v) is 1.48. The van der Waals surface area contributed by atoms with Gasteiger partial charge in [-0.25, -0.2) is 0 Å². The van der Waals surface area contributed by atoms with Crippen LogP contribution in [-0.4, -0.2) is 18.9 Å². The van der Waals surface area contributed by atoms with E-state index in [2.05, 4.69) is 4.52 Å². The predicted octanol–water partition coefficient (Wildman–Crippen LogP) is 2.07. The maximum Gasteiger partial charge on any atom is 0.412 e. The van der Waals surface area contributed by atoms with Gasteiger partial charge in [0.1, 0.15) is 6.61 Å². The van der Waals surface area contributed by atoms with Crippen molar-refractivity contribution < 1.29 is 17.7 Å². The summed E-state index contributed by atoms with van der Waals surface area (Å²) in [6.45, 7) is -1.21. The van der Waals surface area contributed by atoms with Crippen LogP contribution in [0.15, 0.2) is 0 Å². The lowest BCUT2D eigenvalue weighted by Gasteiger charge is -2.05. The molecule has 64 valence electrons. The van der Waals surface area contributed by atoms with E-state index >= 15 is 0 Å². The van der Waals surface area contributed by atoms with Crippen molar-refractivity contribution in [2.24, 2.45) is 0 Å². The number of hydrogen-bond acceptors (Lipinski definition) is 2. The van der Waals surface area contributed by atoms with Crippen LogP contribution >= 0.6 is 8.81 Å². The zero-order chi connectivity index (χ0) is 8.74. The number of nitriles is 1. The Balaban J connectivity index is 3.10. The van der Waals surface area contributed by atoms with Crippen molar-refractivity contribution in [3.05, 3.63) is 0 Å². The van der Waals surface area contributed by atoms with Crippen molar-refractivity contribution in [3.8, 4) is 6.07 Å². The average molecular weight is 185 g/mol. The molecule has 6 heteroatoms. The van der Waals surface area contributed by atoms with E-state index in [1.165, 1.54) is 0 Å². The van der Waals surface area contributed by atoms with Crippen molar-refractivity contribution in [3.63, 3.8) is 0 Å². The molecular formula is C5H7F3NOP. The summed E-state index contributed by atoms with van der Waals surface area (Å²) in [5.41, 5.74) is 0. The van der Waals surface area contributed by atoms with E-state index in [9.17, 15) is 13.2 Å². The van der Waals surface area contributed by atoms with Crippen LogP contribution in [0.3, 0.4) is 0 Å². The van der Waals surface area contributed by atoms with Gasteiger partial charge in [-0.3, -0.25) is 0 Å². The quantitative estimate of drug-likeness (QED) is 0.496. The standard InChI is InChI=1S/C5H7F3NOP/c6-5(7,8)4-10-11-3-1-2-9/h11H,1,3-4H2. The Morgan fingerprint density at radius 3 is 2.55 bits per heavy atom. The van der Waals surface area contributed by atoms with Gasteiger partial charge in [0, 0.05) is 21.4 Å². The summed E-state index contributed by atoms with van der Waals surface area (Å²) in [6, 6.07) is 1.81. The lowest BCUT2D eigenvalue weighted by molar-refractivity contribution is -0.151. The minimum absolute atomic E-state index is 0.230. The van der Waals surface area contributed by atoms with Crippen molar-refractivity contribution in [2.45, 2.75) is 12.6 Å². The summed E-state index contributed by atoms with van der Waals surface area (Å²) in [4.78, 5) is 0. The Hall–Kier alpha value is -0.330. The fraction of sp³-hybridized carbons (Fsp3) is 0.800. The molecule has 0 saturated carbocycles. The lowest BCUT2D eigenvalue weighted by Crippen LogP contribution is -2.14. The number of hydrogen-bond donors (Lipinski definition) is 0. The predicted molar refractivity (Wildman–Crippen MR) is 35.4 cm³/mol. The molecule has 0 aromatic carbocycles. The van der Waals surface area contributed by atoms with Crippen LogP contribution < -0.4 is 0 Å². The molecule has 0 rings (SSSR count). The van der Waals surface area contributed by atoms with Crippen LogP contribution in [0.4, 0.5) is 13.2 Å². The van der Waals surface area contributed by atoms with Crippen molar-refractivity contribution in [1.29, 1.82) is 5.26 Å². The molecule has 2 nitrogen and oxygen atoms in total. The van der Waals surface area contributed by atoms with Gasteiger partial charge in [-0.2, -0.15) is 18.4 Å². The van der Waals surface area contributed by atoms with Crippen molar-refractivity contribution in [1.82, 2.24) is 0 Å². The molecule has 0 bridgehead atoms. The molecule has 0 aliphatic carbocycles. The first-order chi connectivity index (χ1) is 5.06. The molecule has 0 radical (unpaired) electrons. The summed E-state index contributed by atoms with van der Waals surface area (Å²) in [6.07, 6.45) is -3.62. The molecule has 0 N–H and O–H groups in total. The van der Waals surface area contributed by atoms with Crippen LogP contribution in [0.5, 0.6) is 0 Å². The van der Waals surface area contributed by atoms with E-state index in [-0.39, 0.29) is 15.2 Å². The number of nitrogens with zero attached hydrogens (tertiary/aromatic N) is 1. The summed E-state index contributed by atoms with van der Waals surface area (Å²) in [5.74, 6) is 0. The second-order valence-electron chi connectivity index (χ2n) is 1.71. The Morgan fingerprint density at radius 1 is 1.45 bits per heavy atom. The molecule has 0 saturated heterocycles. The van der Waals surface area contributed by atoms with Crippen molar-refractivity contribution in [2.75, 3.05) is 12.8 Å². The second-order valence-corrected chi connectivity index (χ2v) is 2.78. The third-order valence-electron chi connectivity index (χ3n) is 0.677. The fourth-order valence-corrected chi connectivity index (χ4v) is 0.936. The Morgan fingerprint density at radius 2 is 2.09 bits per heavy atom. The lowest BCUT2D eigenvalue weighted by atomic mass is 10.6. The first kappa shape index (κ1) is 10.7. The molecule has 0 aromatic rings. The Kier molecular flexibility index (Phi) is 5.18. The van der Waals surface area contributed by atoms with Crippen LogP contribution in [0.25, 0.3) is 0 Å². The van der Waals surface area contributed by atoms with Gasteiger partial charge in [0.2, 0.25) is 0 Å². The zero-order valence-corrected chi connectivity index (χ0v) is 6.61. The highest BCUT2D eigenvalue weighted by Crippen LogP contribution is 2.21. The maximum atomic E-state index is 11.4. The molecule has 0 fully saturated rings. The van der Waals surface area contributed by atoms with Gasteiger partial charge in [0.15, 0.2) is 0 Å². The van der Waals surface area contributed by atoms with E-state index in [1.807, 2.05) is 6.07 Å². The van der Waals surface area contributed by atoms with Gasteiger partial charge in [0.05, 0.1) is 6.07 Å². The SMILES string of the molecule is N#CCCPOCC(F)(F)F. The smallest absolute Gasteiger partial charge is 0.353 e. The van der Waals surface area contributed by atoms with E-state index in [0.29, 0.717) is 6.16 Å². The summed E-state index contributed by atoms with van der Waals surface area (Å²) in [7, 11) is -0.230. The van der Waals surface area contributed by atoms with Gasteiger partial charge in [-0.15, -0.1) is 0 Å². The van der Waals surface area contributed by atoms with Gasteiger partial charge in [-0.1, -0.05) is 0 Å². The van der Waals surface area contributed by atoms with Gasteiger partial charge < -0.3 is 4.52 Å². The number of halogens is 3. The summed E-state index contributed by atoms with van der Waals surface area (Å²) >= 11 is 0. The van der Waals surface area contributed by atoms with E-state index in [0.717, 1.165) is 0 Å². The Bertz CT molecular complexity index is 142. The Labute approximate surface area is 64.2 Å². The summed E-state index contributed by atoms with van der Waals surface area (Å²) < 4.78 is 38.4. The minimum Gasteiger partial charge on any atom is -0.353 e. The van der Waals surface area contributed by atoms with Crippen LogP contribution in [0, 0.1) is 11.3 Å². The first-order valence-electron chi connectivity index (χ1n) is 2.84. The normalized spacial score (nSPS) is 12.2. The molecule has 0 heterocycles. The highest BCUT2D eigenvalue weighted by atomic mass is 31.1. The van der Waals surface area contributed by atoms with Crippen LogP contribution in [-0.2, 0) is 4.52 Å². The number of rotatable bonds is 4.